The van der Waals surface area contributed by atoms with Crippen LogP contribution in [0.25, 0.3) is 0 Å². The second-order valence-electron chi connectivity index (χ2n) is 1.80. The first-order valence-electron chi connectivity index (χ1n) is 3.02. The van der Waals surface area contributed by atoms with Crippen LogP contribution in [0, 0.1) is 0 Å². The number of rotatable bonds is 5. The molecular weight excluding hydrogens is 120 g/mol. The van der Waals surface area contributed by atoms with E-state index in [1.54, 1.807) is 0 Å². The zero-order valence-electron chi connectivity index (χ0n) is 5.46. The van der Waals surface area contributed by atoms with Crippen LogP contribution < -0.4 is 0 Å². The van der Waals surface area contributed by atoms with Gasteiger partial charge in [0.25, 0.3) is 0 Å². The minimum atomic E-state index is -0.956. The molecule has 0 saturated heterocycles. The van der Waals surface area contributed by atoms with Crippen LogP contribution in [0.2, 0.25) is 0 Å². The molecule has 53 valence electrons. The maximum absolute atomic E-state index is 9.47. The third kappa shape index (κ3) is 5.30. The van der Waals surface area contributed by atoms with Gasteiger partial charge in [-0.05, 0) is 6.42 Å². The molecule has 9 heavy (non-hydrogen) atoms. The third-order valence-corrected chi connectivity index (χ3v) is 0.989. The first kappa shape index (κ1) is 8.43. The number of unbranched alkanes of at least 4 members (excludes halogenated alkanes) is 1. The molecule has 0 aromatic heterocycles. The van der Waals surface area contributed by atoms with Gasteiger partial charge in [0.15, 0.2) is 0 Å². The Labute approximate surface area is 54.6 Å². The van der Waals surface area contributed by atoms with Crippen molar-refractivity contribution >= 4 is 6.47 Å². The zero-order chi connectivity index (χ0) is 7.11. The molecule has 0 aromatic rings. The Bertz CT molecular complexity index is 72.7. The number of ether oxygens (including phenoxy) is 1. The molecule has 1 N–H and O–H groups in total. The van der Waals surface area contributed by atoms with Gasteiger partial charge in [0.2, 0.25) is 6.29 Å². The summed E-state index contributed by atoms with van der Waals surface area (Å²) >= 11 is 0. The van der Waals surface area contributed by atoms with Crippen molar-refractivity contribution < 1.29 is 14.6 Å². The molecule has 0 rings (SSSR count). The van der Waals surface area contributed by atoms with Crippen molar-refractivity contribution in [2.45, 2.75) is 32.5 Å². The minimum Gasteiger partial charge on any atom is -0.428 e. The van der Waals surface area contributed by atoms with Crippen molar-refractivity contribution in [3.63, 3.8) is 0 Å². The SMILES string of the molecule is CCCCC(O)O[C]=O. The summed E-state index contributed by atoms with van der Waals surface area (Å²) in [5.41, 5.74) is 0. The lowest BCUT2D eigenvalue weighted by Crippen LogP contribution is -2.09. The van der Waals surface area contributed by atoms with Gasteiger partial charge < -0.3 is 9.84 Å². The fourth-order valence-electron chi connectivity index (χ4n) is 0.493. The first-order chi connectivity index (χ1) is 4.31. The van der Waals surface area contributed by atoms with Crippen molar-refractivity contribution in [2.24, 2.45) is 0 Å². The van der Waals surface area contributed by atoms with Gasteiger partial charge in [-0.25, -0.2) is 4.79 Å². The molecule has 0 heterocycles. The first-order valence-corrected chi connectivity index (χ1v) is 3.02. The molecule has 0 amide bonds. The van der Waals surface area contributed by atoms with Crippen LogP contribution >= 0.6 is 0 Å². The summed E-state index contributed by atoms with van der Waals surface area (Å²) in [6.07, 6.45) is 1.40. The highest BCUT2D eigenvalue weighted by Crippen LogP contribution is 1.99. The number of aliphatic hydroxyl groups excluding tert-OH is 1. The summed E-state index contributed by atoms with van der Waals surface area (Å²) in [6.45, 7) is 3.17. The smallest absolute Gasteiger partial charge is 0.419 e. The molecule has 1 atom stereocenters. The molecule has 3 nitrogen and oxygen atoms in total. The van der Waals surface area contributed by atoms with Gasteiger partial charge >= 0.3 is 6.47 Å². The monoisotopic (exact) mass is 131 g/mol. The van der Waals surface area contributed by atoms with Crippen LogP contribution in [0.5, 0.6) is 0 Å². The lowest BCUT2D eigenvalue weighted by atomic mass is 10.2. The number of carbonyl (C=O) groups excluding carboxylic acids is 1. The topological polar surface area (TPSA) is 46.5 Å². The highest BCUT2D eigenvalue weighted by Gasteiger charge is 2.00. The van der Waals surface area contributed by atoms with Gasteiger partial charge in [-0.3, -0.25) is 0 Å². The molecule has 0 fully saturated rings. The van der Waals surface area contributed by atoms with Crippen molar-refractivity contribution in [2.75, 3.05) is 0 Å². The van der Waals surface area contributed by atoms with E-state index in [1.165, 1.54) is 6.47 Å². The second-order valence-corrected chi connectivity index (χ2v) is 1.80. The van der Waals surface area contributed by atoms with E-state index in [9.17, 15) is 4.79 Å². The molecule has 0 aliphatic heterocycles. The van der Waals surface area contributed by atoms with Crippen molar-refractivity contribution in [1.82, 2.24) is 0 Å². The molecule has 1 unspecified atom stereocenters. The largest absolute Gasteiger partial charge is 0.428 e. The Morgan fingerprint density at radius 1 is 1.78 bits per heavy atom. The van der Waals surface area contributed by atoms with E-state index in [4.69, 9.17) is 5.11 Å². The Kier molecular flexibility index (Phi) is 5.21. The second kappa shape index (κ2) is 5.56. The Morgan fingerprint density at radius 3 is 2.89 bits per heavy atom. The van der Waals surface area contributed by atoms with Crippen LogP contribution in [-0.4, -0.2) is 17.9 Å². The molecule has 0 bridgehead atoms. The molecule has 0 saturated carbocycles. The van der Waals surface area contributed by atoms with Crippen molar-refractivity contribution in [3.05, 3.63) is 0 Å². The van der Waals surface area contributed by atoms with Gasteiger partial charge in [-0.1, -0.05) is 13.3 Å². The van der Waals surface area contributed by atoms with Crippen LogP contribution in [0.3, 0.4) is 0 Å². The predicted molar refractivity (Wildman–Crippen MR) is 32.3 cm³/mol. The van der Waals surface area contributed by atoms with Gasteiger partial charge in [-0.2, -0.15) is 0 Å². The van der Waals surface area contributed by atoms with Crippen LogP contribution in [0.4, 0.5) is 0 Å². The predicted octanol–water partition coefficient (Wildman–Crippen LogP) is 0.579. The molecular formula is C6H11O3. The normalized spacial score (nSPS) is 12.7. The Morgan fingerprint density at radius 2 is 2.44 bits per heavy atom. The molecule has 3 heteroatoms. The van der Waals surface area contributed by atoms with E-state index >= 15 is 0 Å². The van der Waals surface area contributed by atoms with Gasteiger partial charge in [0.05, 0.1) is 0 Å². The Balaban J connectivity index is 3.04. The summed E-state index contributed by atoms with van der Waals surface area (Å²) in [6, 6.07) is 0. The summed E-state index contributed by atoms with van der Waals surface area (Å²) in [7, 11) is 0. The summed E-state index contributed by atoms with van der Waals surface area (Å²) in [5, 5.41) is 8.70. The van der Waals surface area contributed by atoms with Gasteiger partial charge in [0, 0.05) is 6.42 Å². The molecule has 0 aromatic carbocycles. The standard InChI is InChI=1S/C6H11O3/c1-2-3-4-6(8)9-5-7/h6,8H,2-4H2,1H3. The van der Waals surface area contributed by atoms with Gasteiger partial charge in [0.1, 0.15) is 0 Å². The molecule has 0 spiro atoms. The fraction of sp³-hybridized carbons (Fsp3) is 0.833. The van der Waals surface area contributed by atoms with E-state index in [0.29, 0.717) is 6.42 Å². The Hall–Kier alpha value is -0.570. The quantitative estimate of drug-likeness (QED) is 0.555. The highest BCUT2D eigenvalue weighted by atomic mass is 16.6. The van der Waals surface area contributed by atoms with Crippen LogP contribution in [0.1, 0.15) is 26.2 Å². The molecule has 0 aliphatic carbocycles. The van der Waals surface area contributed by atoms with Crippen molar-refractivity contribution in [3.8, 4) is 0 Å². The summed E-state index contributed by atoms with van der Waals surface area (Å²) in [5.74, 6) is 0. The molecule has 1 radical (unpaired) electrons. The molecule has 0 aliphatic rings. The van der Waals surface area contributed by atoms with E-state index in [1.807, 2.05) is 6.92 Å². The van der Waals surface area contributed by atoms with E-state index in [-0.39, 0.29) is 0 Å². The minimum absolute atomic E-state index is 0.506. The average molecular weight is 131 g/mol. The summed E-state index contributed by atoms with van der Waals surface area (Å²) in [4.78, 5) is 9.47. The van der Waals surface area contributed by atoms with E-state index in [0.717, 1.165) is 12.8 Å². The lowest BCUT2D eigenvalue weighted by Gasteiger charge is -2.04. The number of aliphatic hydroxyl groups is 1. The van der Waals surface area contributed by atoms with Crippen molar-refractivity contribution in [1.29, 1.82) is 0 Å². The number of hydrogen-bond acceptors (Lipinski definition) is 3. The van der Waals surface area contributed by atoms with E-state index < -0.39 is 6.29 Å². The zero-order valence-corrected chi connectivity index (χ0v) is 5.46. The maximum Gasteiger partial charge on any atom is 0.419 e. The highest BCUT2D eigenvalue weighted by molar-refractivity contribution is 5.38. The van der Waals surface area contributed by atoms with E-state index in [2.05, 4.69) is 4.74 Å². The average Bonchev–Trinajstić information content (AvgIpc) is 1.85. The maximum atomic E-state index is 9.47. The lowest BCUT2D eigenvalue weighted by molar-refractivity contribution is -0.0359. The fourth-order valence-corrected chi connectivity index (χ4v) is 0.493. The van der Waals surface area contributed by atoms with Crippen LogP contribution in [-0.2, 0) is 9.53 Å². The summed E-state index contributed by atoms with van der Waals surface area (Å²) < 4.78 is 4.09. The third-order valence-electron chi connectivity index (χ3n) is 0.989. The van der Waals surface area contributed by atoms with Crippen LogP contribution in [0.15, 0.2) is 0 Å². The number of hydrogen-bond donors (Lipinski definition) is 1. The van der Waals surface area contributed by atoms with Gasteiger partial charge in [-0.15, -0.1) is 0 Å².